The minimum atomic E-state index is -1.06. The van der Waals surface area contributed by atoms with Gasteiger partial charge >= 0.3 is 12.1 Å². The summed E-state index contributed by atoms with van der Waals surface area (Å²) in [5, 5.41) is 5.01. The number of carbonyl (C=O) groups excluding carboxylic acids is 4. The second kappa shape index (κ2) is 11.2. The predicted octanol–water partition coefficient (Wildman–Crippen LogP) is 3.72. The number of ether oxygens (including phenoxy) is 2. The van der Waals surface area contributed by atoms with Crippen LogP contribution in [0.2, 0.25) is 0 Å². The van der Waals surface area contributed by atoms with Gasteiger partial charge in [-0.2, -0.15) is 0 Å². The van der Waals surface area contributed by atoms with Gasteiger partial charge in [0.25, 0.3) is 0 Å². The van der Waals surface area contributed by atoms with Crippen molar-refractivity contribution in [2.75, 3.05) is 13.2 Å². The third-order valence-corrected chi connectivity index (χ3v) is 5.52. The van der Waals surface area contributed by atoms with Crippen LogP contribution >= 0.6 is 0 Å². The van der Waals surface area contributed by atoms with Crippen LogP contribution in [0.15, 0.2) is 48.5 Å². The van der Waals surface area contributed by atoms with Crippen molar-refractivity contribution < 1.29 is 28.7 Å². The third kappa shape index (κ3) is 7.15. The van der Waals surface area contributed by atoms with Gasteiger partial charge in [0.2, 0.25) is 5.91 Å². The molecule has 1 unspecified atom stereocenters. The molecule has 2 N–H and O–H groups in total. The van der Waals surface area contributed by atoms with Gasteiger partial charge in [-0.25, -0.2) is 4.79 Å². The molecule has 8 heteroatoms. The lowest BCUT2D eigenvalue weighted by molar-refractivity contribution is -0.155. The van der Waals surface area contributed by atoms with E-state index in [0.717, 1.165) is 22.3 Å². The minimum absolute atomic E-state index is 0.00282. The zero-order chi connectivity index (χ0) is 25.6. The van der Waals surface area contributed by atoms with Crippen molar-refractivity contribution >= 4 is 23.8 Å². The summed E-state index contributed by atoms with van der Waals surface area (Å²) in [7, 11) is 0. The number of benzene rings is 2. The Morgan fingerprint density at radius 2 is 1.51 bits per heavy atom. The Morgan fingerprint density at radius 1 is 0.943 bits per heavy atom. The fourth-order valence-electron chi connectivity index (χ4n) is 4.04. The van der Waals surface area contributed by atoms with Crippen LogP contribution in [0.4, 0.5) is 4.79 Å². The van der Waals surface area contributed by atoms with Crippen molar-refractivity contribution in [3.8, 4) is 11.1 Å². The SMILES string of the molecule is CC(=O)CNC(=O)C(CCC(=O)OC(C)(C)C)NC(=O)OCC1c2ccccc2-c2ccccc21. The highest BCUT2D eigenvalue weighted by Gasteiger charge is 2.30. The Kier molecular flexibility index (Phi) is 8.27. The maximum atomic E-state index is 12.7. The molecule has 2 aromatic carbocycles. The summed E-state index contributed by atoms with van der Waals surface area (Å²) in [4.78, 5) is 48.6. The summed E-state index contributed by atoms with van der Waals surface area (Å²) in [5.41, 5.74) is 3.69. The highest BCUT2D eigenvalue weighted by Crippen LogP contribution is 2.44. The molecular weight excluding hydrogens is 448 g/mol. The number of amides is 2. The lowest BCUT2D eigenvalue weighted by Crippen LogP contribution is -2.48. The first-order valence-electron chi connectivity index (χ1n) is 11.7. The van der Waals surface area contributed by atoms with Crippen LogP contribution in [-0.2, 0) is 23.9 Å². The number of rotatable bonds is 9. The lowest BCUT2D eigenvalue weighted by Gasteiger charge is -2.22. The molecule has 0 saturated carbocycles. The van der Waals surface area contributed by atoms with Gasteiger partial charge in [0.15, 0.2) is 0 Å². The molecule has 0 fully saturated rings. The molecule has 0 aliphatic heterocycles. The van der Waals surface area contributed by atoms with Crippen LogP contribution < -0.4 is 10.6 Å². The maximum absolute atomic E-state index is 12.7. The Morgan fingerprint density at radius 3 is 2.06 bits per heavy atom. The number of esters is 1. The van der Waals surface area contributed by atoms with E-state index in [1.165, 1.54) is 6.92 Å². The average Bonchev–Trinajstić information content (AvgIpc) is 3.11. The molecule has 0 aromatic heterocycles. The van der Waals surface area contributed by atoms with Crippen molar-refractivity contribution in [2.45, 2.75) is 58.1 Å². The summed E-state index contributed by atoms with van der Waals surface area (Å²) in [6, 6.07) is 14.9. The van der Waals surface area contributed by atoms with E-state index in [0.29, 0.717) is 0 Å². The molecule has 1 atom stereocenters. The zero-order valence-electron chi connectivity index (χ0n) is 20.6. The van der Waals surface area contributed by atoms with E-state index < -0.39 is 29.6 Å². The Hall–Kier alpha value is -3.68. The highest BCUT2D eigenvalue weighted by molar-refractivity contribution is 5.89. The quantitative estimate of drug-likeness (QED) is 0.529. The third-order valence-electron chi connectivity index (χ3n) is 5.52. The summed E-state index contributed by atoms with van der Waals surface area (Å²) in [5.74, 6) is -1.42. The van der Waals surface area contributed by atoms with Gasteiger partial charge in [-0.05, 0) is 56.4 Å². The highest BCUT2D eigenvalue weighted by atomic mass is 16.6. The van der Waals surface area contributed by atoms with Crippen LogP contribution in [0.5, 0.6) is 0 Å². The van der Waals surface area contributed by atoms with Gasteiger partial charge in [0, 0.05) is 12.3 Å². The molecule has 0 spiro atoms. The normalized spacial score (nSPS) is 13.3. The van der Waals surface area contributed by atoms with Crippen molar-refractivity contribution in [3.63, 3.8) is 0 Å². The van der Waals surface area contributed by atoms with E-state index in [1.807, 2.05) is 48.5 Å². The van der Waals surface area contributed by atoms with E-state index in [9.17, 15) is 19.2 Å². The van der Waals surface area contributed by atoms with Crippen molar-refractivity contribution in [1.82, 2.24) is 10.6 Å². The van der Waals surface area contributed by atoms with E-state index >= 15 is 0 Å². The first kappa shape index (κ1) is 25.9. The van der Waals surface area contributed by atoms with Gasteiger partial charge in [-0.15, -0.1) is 0 Å². The molecule has 8 nitrogen and oxygen atoms in total. The van der Waals surface area contributed by atoms with E-state index in [2.05, 4.69) is 10.6 Å². The van der Waals surface area contributed by atoms with Crippen LogP contribution in [0.1, 0.15) is 57.6 Å². The summed E-state index contributed by atoms with van der Waals surface area (Å²) in [6.07, 6.45) is -0.860. The standard InChI is InChI=1S/C27H32N2O6/c1-17(30)15-28-25(32)23(13-14-24(31)35-27(2,3)4)29-26(33)34-16-22-20-11-7-5-9-18(20)19-10-6-8-12-21(19)22/h5-12,22-23H,13-16H2,1-4H3,(H,28,32)(H,29,33). The molecule has 0 radical (unpaired) electrons. The van der Waals surface area contributed by atoms with Gasteiger partial charge < -0.3 is 20.1 Å². The van der Waals surface area contributed by atoms with Gasteiger partial charge in [0.1, 0.15) is 24.0 Å². The fourth-order valence-corrected chi connectivity index (χ4v) is 4.04. The Labute approximate surface area is 205 Å². The van der Waals surface area contributed by atoms with Crippen molar-refractivity contribution in [2.24, 2.45) is 0 Å². The topological polar surface area (TPSA) is 111 Å². The zero-order valence-corrected chi connectivity index (χ0v) is 20.6. The lowest BCUT2D eigenvalue weighted by atomic mass is 9.98. The van der Waals surface area contributed by atoms with Gasteiger partial charge in [-0.3, -0.25) is 14.4 Å². The smallest absolute Gasteiger partial charge is 0.407 e. The molecule has 3 rings (SSSR count). The number of fused-ring (bicyclic) bond motifs is 3. The summed E-state index contributed by atoms with van der Waals surface area (Å²) < 4.78 is 10.8. The molecular formula is C27H32N2O6. The fraction of sp³-hybridized carbons (Fsp3) is 0.407. The number of Topliss-reactive ketones (excluding diaryl/α,β-unsaturated/α-hetero) is 1. The largest absolute Gasteiger partial charge is 0.460 e. The molecule has 0 heterocycles. The van der Waals surface area contributed by atoms with Crippen molar-refractivity contribution in [3.05, 3.63) is 59.7 Å². The average molecular weight is 481 g/mol. The number of ketones is 1. The maximum Gasteiger partial charge on any atom is 0.407 e. The molecule has 186 valence electrons. The molecule has 2 aromatic rings. The Balaban J connectivity index is 1.64. The first-order valence-corrected chi connectivity index (χ1v) is 11.7. The van der Waals surface area contributed by atoms with Crippen molar-refractivity contribution in [1.29, 1.82) is 0 Å². The van der Waals surface area contributed by atoms with E-state index in [4.69, 9.17) is 9.47 Å². The van der Waals surface area contributed by atoms with Crippen LogP contribution in [0, 0.1) is 0 Å². The molecule has 1 aliphatic carbocycles. The number of carbonyl (C=O) groups is 4. The Bertz CT molecular complexity index is 1060. The first-order chi connectivity index (χ1) is 16.5. The number of alkyl carbamates (subject to hydrolysis) is 1. The van der Waals surface area contributed by atoms with Crippen LogP contribution in [-0.4, -0.2) is 48.5 Å². The molecule has 1 aliphatic rings. The number of hydrogen-bond donors (Lipinski definition) is 2. The summed E-state index contributed by atoms with van der Waals surface area (Å²) in [6.45, 7) is 6.50. The minimum Gasteiger partial charge on any atom is -0.460 e. The monoisotopic (exact) mass is 480 g/mol. The van der Waals surface area contributed by atoms with E-state index in [1.54, 1.807) is 20.8 Å². The second-order valence-corrected chi connectivity index (χ2v) is 9.57. The second-order valence-electron chi connectivity index (χ2n) is 9.57. The van der Waals surface area contributed by atoms with Gasteiger partial charge in [0.05, 0.1) is 6.54 Å². The number of nitrogens with one attached hydrogen (secondary N) is 2. The molecule has 2 amide bonds. The van der Waals surface area contributed by atoms with E-state index in [-0.39, 0.29) is 37.7 Å². The molecule has 0 saturated heterocycles. The van der Waals surface area contributed by atoms with Crippen LogP contribution in [0.3, 0.4) is 0 Å². The predicted molar refractivity (Wildman–Crippen MR) is 131 cm³/mol. The number of hydrogen-bond acceptors (Lipinski definition) is 6. The summed E-state index contributed by atoms with van der Waals surface area (Å²) >= 11 is 0. The molecule has 0 bridgehead atoms. The molecule has 35 heavy (non-hydrogen) atoms. The van der Waals surface area contributed by atoms with Gasteiger partial charge in [-0.1, -0.05) is 48.5 Å². The van der Waals surface area contributed by atoms with Crippen LogP contribution in [0.25, 0.3) is 11.1 Å².